The highest BCUT2D eigenvalue weighted by molar-refractivity contribution is 8.18. The Bertz CT molecular complexity index is 659. The van der Waals surface area contributed by atoms with Gasteiger partial charge in [0.2, 0.25) is 0 Å². The Morgan fingerprint density at radius 1 is 1.35 bits per heavy atom. The summed E-state index contributed by atoms with van der Waals surface area (Å²) in [5.41, 5.74) is 0.212. The van der Waals surface area contributed by atoms with E-state index < -0.39 is 29.5 Å². The molecule has 2 amide bonds. The van der Waals surface area contributed by atoms with Crippen molar-refractivity contribution >= 4 is 35.0 Å². The molecule has 1 heterocycles. The summed E-state index contributed by atoms with van der Waals surface area (Å²) in [6.45, 7) is 1.79. The third kappa shape index (κ3) is 4.41. The van der Waals surface area contributed by atoms with Crippen LogP contribution in [0.1, 0.15) is 25.3 Å². The second-order valence-corrected chi connectivity index (χ2v) is 5.86. The number of hydrogen-bond donors (Lipinski definition) is 0. The number of benzene rings is 1. The molecule has 0 aliphatic carbocycles. The number of hydrogen-bond acceptors (Lipinski definition) is 5. The van der Waals surface area contributed by atoms with E-state index in [4.69, 9.17) is 4.74 Å². The molecule has 1 aliphatic heterocycles. The number of thioether (sulfide) groups is 1. The molecule has 1 saturated heterocycles. The van der Waals surface area contributed by atoms with Crippen LogP contribution >= 0.6 is 11.8 Å². The number of nitrogens with zero attached hydrogens (tertiary/aromatic N) is 1. The minimum Gasteiger partial charge on any atom is -0.464 e. The summed E-state index contributed by atoms with van der Waals surface area (Å²) in [5, 5.41) is -0.565. The Morgan fingerprint density at radius 3 is 2.78 bits per heavy atom. The Kier molecular flexibility index (Phi) is 5.92. The van der Waals surface area contributed by atoms with Crippen molar-refractivity contribution in [1.82, 2.24) is 4.90 Å². The Balaban J connectivity index is 2.05. The third-order valence-corrected chi connectivity index (χ3v) is 4.02. The first-order valence-electron chi connectivity index (χ1n) is 7.18. The molecule has 0 saturated carbocycles. The highest BCUT2D eigenvalue weighted by atomic mass is 32.2. The number of esters is 1. The van der Waals surface area contributed by atoms with E-state index in [1.54, 1.807) is 6.07 Å². The van der Waals surface area contributed by atoms with E-state index in [0.717, 1.165) is 17.7 Å². The zero-order chi connectivity index (χ0) is 16.8. The van der Waals surface area contributed by atoms with Gasteiger partial charge in [0.15, 0.2) is 0 Å². The van der Waals surface area contributed by atoms with Gasteiger partial charge in [-0.3, -0.25) is 19.3 Å². The minimum absolute atomic E-state index is 0.0847. The van der Waals surface area contributed by atoms with Crippen molar-refractivity contribution in [1.29, 1.82) is 0 Å². The summed E-state index contributed by atoms with van der Waals surface area (Å²) < 4.78 is 18.5. The predicted octanol–water partition coefficient (Wildman–Crippen LogP) is 3.21. The van der Waals surface area contributed by atoms with Crippen LogP contribution in [-0.4, -0.2) is 35.2 Å². The number of ether oxygens (including phenoxy) is 1. The van der Waals surface area contributed by atoms with Gasteiger partial charge >= 0.3 is 5.97 Å². The number of halogens is 1. The van der Waals surface area contributed by atoms with Crippen LogP contribution in [0, 0.1) is 5.82 Å². The third-order valence-electron chi connectivity index (χ3n) is 3.11. The molecule has 1 aromatic carbocycles. The highest BCUT2D eigenvalue weighted by Gasteiger charge is 2.36. The maximum Gasteiger partial charge on any atom is 0.326 e. The Hall–Kier alpha value is -2.15. The van der Waals surface area contributed by atoms with E-state index in [2.05, 4.69) is 0 Å². The number of carbonyl (C=O) groups is 3. The monoisotopic (exact) mass is 337 g/mol. The lowest BCUT2D eigenvalue weighted by Gasteiger charge is -2.11. The van der Waals surface area contributed by atoms with E-state index in [1.807, 2.05) is 6.92 Å². The summed E-state index contributed by atoms with van der Waals surface area (Å²) in [5.74, 6) is -1.73. The molecule has 0 N–H and O–H groups in total. The highest BCUT2D eigenvalue weighted by Crippen LogP contribution is 2.32. The summed E-state index contributed by atoms with van der Waals surface area (Å²) in [6.07, 6.45) is 2.91. The molecule has 0 aromatic heterocycles. The van der Waals surface area contributed by atoms with Gasteiger partial charge in [0, 0.05) is 5.56 Å². The van der Waals surface area contributed by atoms with Crippen LogP contribution in [0.3, 0.4) is 0 Å². The first-order valence-corrected chi connectivity index (χ1v) is 8.00. The summed E-state index contributed by atoms with van der Waals surface area (Å²) in [6, 6.07) is 5.93. The number of amides is 2. The van der Waals surface area contributed by atoms with Crippen molar-refractivity contribution in [3.63, 3.8) is 0 Å². The van der Waals surface area contributed by atoms with Crippen LogP contribution in [0.15, 0.2) is 29.2 Å². The smallest absolute Gasteiger partial charge is 0.326 e. The molecule has 1 fully saturated rings. The molecule has 0 radical (unpaired) electrons. The second kappa shape index (κ2) is 7.92. The molecule has 1 aliphatic rings. The first kappa shape index (κ1) is 17.2. The maximum atomic E-state index is 13.6. The molecule has 0 bridgehead atoms. The Labute approximate surface area is 137 Å². The van der Waals surface area contributed by atoms with Gasteiger partial charge in [0.1, 0.15) is 12.4 Å². The van der Waals surface area contributed by atoms with Crippen LogP contribution in [0.25, 0.3) is 6.08 Å². The van der Waals surface area contributed by atoms with Gasteiger partial charge in [-0.2, -0.15) is 0 Å². The molecule has 1 aromatic rings. The molecule has 23 heavy (non-hydrogen) atoms. The van der Waals surface area contributed by atoms with Crippen molar-refractivity contribution in [2.75, 3.05) is 13.2 Å². The zero-order valence-corrected chi connectivity index (χ0v) is 13.4. The normalized spacial score (nSPS) is 16.3. The van der Waals surface area contributed by atoms with Crippen LogP contribution < -0.4 is 0 Å². The molecule has 0 unspecified atom stereocenters. The number of unbranched alkanes of at least 4 members (excludes halogenated alkanes) is 1. The SMILES string of the molecule is CCCCOC(=O)CN1C(=O)S/C(=C/c2ccccc2F)C1=O. The largest absolute Gasteiger partial charge is 0.464 e. The molecular weight excluding hydrogens is 321 g/mol. The van der Waals surface area contributed by atoms with E-state index >= 15 is 0 Å². The van der Waals surface area contributed by atoms with Crippen LogP contribution in [0.2, 0.25) is 0 Å². The zero-order valence-electron chi connectivity index (χ0n) is 12.6. The maximum absolute atomic E-state index is 13.6. The van der Waals surface area contributed by atoms with E-state index in [0.29, 0.717) is 11.8 Å². The van der Waals surface area contributed by atoms with Crippen molar-refractivity contribution in [2.24, 2.45) is 0 Å². The molecule has 7 heteroatoms. The van der Waals surface area contributed by atoms with Gasteiger partial charge in [-0.25, -0.2) is 4.39 Å². The van der Waals surface area contributed by atoms with Crippen molar-refractivity contribution < 1.29 is 23.5 Å². The minimum atomic E-state index is -0.632. The van der Waals surface area contributed by atoms with Crippen molar-refractivity contribution in [3.8, 4) is 0 Å². The number of carbonyl (C=O) groups excluding carboxylic acids is 3. The molecule has 0 spiro atoms. The van der Waals surface area contributed by atoms with Gasteiger partial charge in [0.05, 0.1) is 11.5 Å². The van der Waals surface area contributed by atoms with E-state index in [9.17, 15) is 18.8 Å². The molecule has 0 atom stereocenters. The predicted molar refractivity (Wildman–Crippen MR) is 84.9 cm³/mol. The number of imide groups is 1. The van der Waals surface area contributed by atoms with E-state index in [-0.39, 0.29) is 17.1 Å². The molecular formula is C16H16FNO4S. The average molecular weight is 337 g/mol. The van der Waals surface area contributed by atoms with Crippen LogP contribution in [0.4, 0.5) is 9.18 Å². The van der Waals surface area contributed by atoms with Gasteiger partial charge in [0.25, 0.3) is 11.1 Å². The molecule has 2 rings (SSSR count). The van der Waals surface area contributed by atoms with E-state index in [1.165, 1.54) is 24.3 Å². The van der Waals surface area contributed by atoms with Crippen molar-refractivity contribution in [2.45, 2.75) is 19.8 Å². The van der Waals surface area contributed by atoms with Gasteiger partial charge in [-0.1, -0.05) is 31.5 Å². The molecule has 5 nitrogen and oxygen atoms in total. The van der Waals surface area contributed by atoms with Gasteiger partial charge < -0.3 is 4.74 Å². The van der Waals surface area contributed by atoms with Crippen LogP contribution in [0.5, 0.6) is 0 Å². The fourth-order valence-electron chi connectivity index (χ4n) is 1.87. The number of rotatable bonds is 6. The standard InChI is InChI=1S/C16H16FNO4S/c1-2-3-8-22-14(19)10-18-15(20)13(23-16(18)21)9-11-6-4-5-7-12(11)17/h4-7,9H,2-3,8,10H2,1H3/b13-9+. The van der Waals surface area contributed by atoms with Gasteiger partial charge in [-0.15, -0.1) is 0 Å². The fourth-order valence-corrected chi connectivity index (χ4v) is 2.70. The van der Waals surface area contributed by atoms with Gasteiger partial charge in [-0.05, 0) is 30.3 Å². The first-order chi connectivity index (χ1) is 11.0. The summed E-state index contributed by atoms with van der Waals surface area (Å²) in [4.78, 5) is 36.6. The topological polar surface area (TPSA) is 63.7 Å². The lowest BCUT2D eigenvalue weighted by Crippen LogP contribution is -2.34. The lowest BCUT2D eigenvalue weighted by atomic mass is 10.2. The fraction of sp³-hybridized carbons (Fsp3) is 0.312. The molecule has 122 valence electrons. The van der Waals surface area contributed by atoms with Crippen LogP contribution in [-0.2, 0) is 14.3 Å². The summed E-state index contributed by atoms with van der Waals surface area (Å²) in [7, 11) is 0. The lowest BCUT2D eigenvalue weighted by molar-refractivity contribution is -0.146. The average Bonchev–Trinajstić information content (AvgIpc) is 2.77. The second-order valence-electron chi connectivity index (χ2n) is 4.86. The quantitative estimate of drug-likeness (QED) is 0.453. The van der Waals surface area contributed by atoms with Crippen molar-refractivity contribution in [3.05, 3.63) is 40.6 Å². The Morgan fingerprint density at radius 2 is 2.09 bits per heavy atom. The summed E-state index contributed by atoms with van der Waals surface area (Å²) >= 11 is 0.680.